The Morgan fingerprint density at radius 1 is 1.29 bits per heavy atom. The van der Waals surface area contributed by atoms with E-state index >= 15 is 0 Å². The predicted molar refractivity (Wildman–Crippen MR) is 83.6 cm³/mol. The number of non-ortho nitro benzene ring substituents is 1. The fourth-order valence-corrected chi connectivity index (χ4v) is 2.28. The number of anilines is 1. The Morgan fingerprint density at radius 2 is 1.96 bits per heavy atom. The van der Waals surface area contributed by atoms with Crippen LogP contribution >= 0.6 is 0 Å². The molecule has 0 aliphatic heterocycles. The van der Waals surface area contributed by atoms with Gasteiger partial charge in [-0.25, -0.2) is 8.78 Å². The first-order valence-electron chi connectivity index (χ1n) is 7.06. The molecule has 0 spiro atoms. The molecule has 0 bridgehead atoms. The zero-order valence-electron chi connectivity index (χ0n) is 12.8. The third-order valence-electron chi connectivity index (χ3n) is 3.42. The summed E-state index contributed by atoms with van der Waals surface area (Å²) >= 11 is 0. The predicted octanol–water partition coefficient (Wildman–Crippen LogP) is 3.16. The largest absolute Gasteiger partial charge is 0.386 e. The molecule has 0 radical (unpaired) electrons. The number of methoxy groups -OCH3 is 1. The van der Waals surface area contributed by atoms with E-state index in [1.165, 1.54) is 31.4 Å². The van der Waals surface area contributed by atoms with Crippen molar-refractivity contribution in [2.75, 3.05) is 19.0 Å². The summed E-state index contributed by atoms with van der Waals surface area (Å²) in [6.07, 6.45) is -1.42. The normalized spacial score (nSPS) is 12.0. The van der Waals surface area contributed by atoms with Gasteiger partial charge in [-0.15, -0.1) is 0 Å². The van der Waals surface area contributed by atoms with Crippen molar-refractivity contribution in [3.05, 3.63) is 69.3 Å². The smallest absolute Gasteiger partial charge is 0.269 e. The van der Waals surface area contributed by atoms with Gasteiger partial charge in [-0.05, 0) is 18.2 Å². The molecule has 1 atom stereocenters. The van der Waals surface area contributed by atoms with Crippen molar-refractivity contribution in [1.82, 2.24) is 0 Å². The highest BCUT2D eigenvalue weighted by Gasteiger charge is 2.18. The van der Waals surface area contributed by atoms with Crippen LogP contribution in [-0.2, 0) is 11.3 Å². The number of benzene rings is 2. The van der Waals surface area contributed by atoms with Crippen molar-refractivity contribution in [2.45, 2.75) is 12.7 Å². The van der Waals surface area contributed by atoms with Gasteiger partial charge in [-0.1, -0.05) is 6.07 Å². The molecular formula is C16H16F2N2O4. The molecule has 6 nitrogen and oxygen atoms in total. The molecule has 0 aromatic heterocycles. The lowest BCUT2D eigenvalue weighted by atomic mass is 10.1. The molecule has 8 heteroatoms. The van der Waals surface area contributed by atoms with Gasteiger partial charge in [0.1, 0.15) is 17.7 Å². The summed E-state index contributed by atoms with van der Waals surface area (Å²) in [5, 5.41) is 23.7. The van der Waals surface area contributed by atoms with Crippen LogP contribution in [0.5, 0.6) is 0 Å². The Morgan fingerprint density at radius 3 is 2.54 bits per heavy atom. The zero-order valence-corrected chi connectivity index (χ0v) is 12.8. The highest BCUT2D eigenvalue weighted by Crippen LogP contribution is 2.25. The van der Waals surface area contributed by atoms with Gasteiger partial charge in [0.05, 0.1) is 17.1 Å². The first kappa shape index (κ1) is 17.8. The maximum Gasteiger partial charge on any atom is 0.269 e. The van der Waals surface area contributed by atoms with Crippen molar-refractivity contribution in [1.29, 1.82) is 0 Å². The van der Waals surface area contributed by atoms with Crippen molar-refractivity contribution in [3.8, 4) is 0 Å². The third kappa shape index (κ3) is 4.03. The van der Waals surface area contributed by atoms with Gasteiger partial charge in [0.25, 0.3) is 5.69 Å². The molecular weight excluding hydrogens is 322 g/mol. The summed E-state index contributed by atoms with van der Waals surface area (Å²) in [5.41, 5.74) is 0.430. The fraction of sp³-hybridized carbons (Fsp3) is 0.250. The number of nitro benzene ring substituents is 1. The van der Waals surface area contributed by atoms with Crippen LogP contribution in [0.25, 0.3) is 0 Å². The Bertz CT molecular complexity index is 720. The molecule has 0 saturated carbocycles. The lowest BCUT2D eigenvalue weighted by molar-refractivity contribution is -0.384. The minimum atomic E-state index is -1.42. The van der Waals surface area contributed by atoms with Gasteiger partial charge in [0, 0.05) is 37.0 Å². The lowest BCUT2D eigenvalue weighted by Crippen LogP contribution is -2.16. The fourth-order valence-electron chi connectivity index (χ4n) is 2.28. The number of halogens is 2. The topological polar surface area (TPSA) is 84.6 Å². The molecule has 128 valence electrons. The van der Waals surface area contributed by atoms with Crippen LogP contribution in [0.1, 0.15) is 17.2 Å². The third-order valence-corrected chi connectivity index (χ3v) is 3.42. The van der Waals surface area contributed by atoms with E-state index in [9.17, 15) is 24.0 Å². The van der Waals surface area contributed by atoms with Crippen LogP contribution in [0.4, 0.5) is 20.2 Å². The van der Waals surface area contributed by atoms with Crippen molar-refractivity contribution in [3.63, 3.8) is 0 Å². The van der Waals surface area contributed by atoms with E-state index in [2.05, 4.69) is 5.32 Å². The summed E-state index contributed by atoms with van der Waals surface area (Å²) in [6, 6.07) is 7.41. The maximum atomic E-state index is 13.6. The average Bonchev–Trinajstić information content (AvgIpc) is 2.53. The molecule has 2 aromatic rings. The number of aliphatic hydroxyl groups excluding tert-OH is 1. The summed E-state index contributed by atoms with van der Waals surface area (Å²) in [4.78, 5) is 10.3. The number of nitrogens with zero attached hydrogens (tertiary/aromatic N) is 1. The maximum absolute atomic E-state index is 13.6. The number of ether oxygens (including phenoxy) is 1. The minimum absolute atomic E-state index is 0.103. The first-order valence-corrected chi connectivity index (χ1v) is 7.06. The van der Waals surface area contributed by atoms with Crippen LogP contribution in [0.15, 0.2) is 36.4 Å². The zero-order chi connectivity index (χ0) is 17.7. The van der Waals surface area contributed by atoms with Crippen LogP contribution in [-0.4, -0.2) is 23.7 Å². The Hall–Kier alpha value is -2.58. The van der Waals surface area contributed by atoms with Crippen molar-refractivity contribution < 1.29 is 23.5 Å². The lowest BCUT2D eigenvalue weighted by Gasteiger charge is -2.16. The number of nitro groups is 1. The molecule has 0 heterocycles. The monoisotopic (exact) mass is 338 g/mol. The minimum Gasteiger partial charge on any atom is -0.386 e. The molecule has 2 rings (SSSR count). The number of hydrogen-bond acceptors (Lipinski definition) is 5. The van der Waals surface area contributed by atoms with E-state index in [1.807, 2.05) is 0 Å². The van der Waals surface area contributed by atoms with E-state index < -0.39 is 28.2 Å². The number of hydrogen-bond donors (Lipinski definition) is 2. The van der Waals surface area contributed by atoms with Gasteiger partial charge < -0.3 is 15.2 Å². The second kappa shape index (κ2) is 7.80. The number of aliphatic hydroxyl groups is 1. The van der Waals surface area contributed by atoms with Gasteiger partial charge in [0.15, 0.2) is 0 Å². The number of nitrogens with one attached hydrogen (secondary N) is 1. The molecule has 0 aliphatic rings. The van der Waals surface area contributed by atoms with E-state index in [1.54, 1.807) is 0 Å². The molecule has 0 amide bonds. The molecule has 0 fully saturated rings. The van der Waals surface area contributed by atoms with E-state index in [0.717, 1.165) is 12.1 Å². The van der Waals surface area contributed by atoms with E-state index in [-0.39, 0.29) is 18.8 Å². The summed E-state index contributed by atoms with van der Waals surface area (Å²) in [6.45, 7) is -0.0689. The quantitative estimate of drug-likeness (QED) is 0.598. The molecule has 2 N–H and O–H groups in total. The highest BCUT2D eigenvalue weighted by atomic mass is 19.1. The number of rotatable bonds is 7. The Kier molecular flexibility index (Phi) is 5.78. The van der Waals surface area contributed by atoms with E-state index in [0.29, 0.717) is 11.3 Å². The average molecular weight is 338 g/mol. The van der Waals surface area contributed by atoms with Crippen LogP contribution < -0.4 is 5.32 Å². The van der Waals surface area contributed by atoms with Crippen LogP contribution in [0, 0.1) is 21.7 Å². The SMILES string of the molecule is COCc1cc([N+](=O)[O-])ccc1NCC(O)c1c(F)cccc1F. The van der Waals surface area contributed by atoms with Crippen molar-refractivity contribution >= 4 is 11.4 Å². The molecule has 0 aliphatic carbocycles. The second-order valence-corrected chi connectivity index (χ2v) is 5.06. The summed E-state index contributed by atoms with van der Waals surface area (Å²) in [5.74, 6) is -1.68. The van der Waals surface area contributed by atoms with Crippen LogP contribution in [0.2, 0.25) is 0 Å². The summed E-state index contributed by atoms with van der Waals surface area (Å²) < 4.78 is 32.3. The Labute approximate surface area is 136 Å². The summed E-state index contributed by atoms with van der Waals surface area (Å²) in [7, 11) is 1.44. The molecule has 2 aromatic carbocycles. The molecule has 24 heavy (non-hydrogen) atoms. The van der Waals surface area contributed by atoms with Crippen molar-refractivity contribution in [2.24, 2.45) is 0 Å². The molecule has 1 unspecified atom stereocenters. The van der Waals surface area contributed by atoms with Gasteiger partial charge in [-0.3, -0.25) is 10.1 Å². The first-order chi connectivity index (χ1) is 11.4. The van der Waals surface area contributed by atoms with Gasteiger partial charge in [0.2, 0.25) is 0 Å². The standard InChI is InChI=1S/C16H16F2N2O4/c1-24-9-10-7-11(20(22)23)5-6-14(10)19-8-15(21)16-12(17)3-2-4-13(16)18/h2-7,15,19,21H,8-9H2,1H3. The van der Waals surface area contributed by atoms with Gasteiger partial charge >= 0.3 is 0 Å². The molecule has 0 saturated heterocycles. The highest BCUT2D eigenvalue weighted by molar-refractivity contribution is 5.56. The second-order valence-electron chi connectivity index (χ2n) is 5.06. The van der Waals surface area contributed by atoms with Crippen LogP contribution in [0.3, 0.4) is 0 Å². The van der Waals surface area contributed by atoms with Gasteiger partial charge in [-0.2, -0.15) is 0 Å². The Balaban J connectivity index is 2.17. The van der Waals surface area contributed by atoms with E-state index in [4.69, 9.17) is 4.74 Å².